The second-order valence-electron chi connectivity index (χ2n) is 9.48. The third kappa shape index (κ3) is 4.82. The Morgan fingerprint density at radius 3 is 2.50 bits per heavy atom. The molecule has 198 valence electrons. The molecule has 11 nitrogen and oxygen atoms in total. The summed E-state index contributed by atoms with van der Waals surface area (Å²) in [4.78, 5) is 40.8. The Labute approximate surface area is 217 Å². The first-order chi connectivity index (χ1) is 18.3. The van der Waals surface area contributed by atoms with Gasteiger partial charge in [-0.05, 0) is 43.7 Å². The summed E-state index contributed by atoms with van der Waals surface area (Å²) in [5, 5.41) is 14.7. The highest BCUT2D eigenvalue weighted by atomic mass is 19.1. The van der Waals surface area contributed by atoms with Crippen LogP contribution in [0.25, 0.3) is 10.9 Å². The van der Waals surface area contributed by atoms with Crippen LogP contribution in [0.3, 0.4) is 0 Å². The van der Waals surface area contributed by atoms with Crippen molar-refractivity contribution >= 4 is 34.4 Å². The van der Waals surface area contributed by atoms with Crippen molar-refractivity contribution in [3.63, 3.8) is 0 Å². The second-order valence-corrected chi connectivity index (χ2v) is 9.48. The molecule has 2 heterocycles. The minimum atomic E-state index is -0.744. The number of likely N-dealkylation sites (N-methyl/N-ethyl adjacent to an activating group) is 1. The van der Waals surface area contributed by atoms with Crippen LogP contribution in [0.15, 0.2) is 46.4 Å². The maximum absolute atomic E-state index is 15.5. The van der Waals surface area contributed by atoms with E-state index in [2.05, 4.69) is 15.4 Å². The summed E-state index contributed by atoms with van der Waals surface area (Å²) in [6.07, 6.45) is 4.53. The van der Waals surface area contributed by atoms with E-state index in [0.29, 0.717) is 29.9 Å². The van der Waals surface area contributed by atoms with Crippen molar-refractivity contribution in [2.75, 3.05) is 45.2 Å². The molecule has 2 aromatic carbocycles. The monoisotopic (exact) mass is 522 g/mol. The number of hydrogen-bond acceptors (Lipinski definition) is 8. The van der Waals surface area contributed by atoms with Gasteiger partial charge in [-0.25, -0.2) is 9.82 Å². The lowest BCUT2D eigenvalue weighted by Crippen LogP contribution is -2.45. The van der Waals surface area contributed by atoms with Crippen LogP contribution in [0.4, 0.5) is 15.8 Å². The number of aromatic nitrogens is 1. The number of nitrogens with zero attached hydrogens (tertiary/aromatic N) is 5. The number of amides is 1. The zero-order chi connectivity index (χ0) is 27.0. The number of carbonyl (C=O) groups excluding carboxylic acids is 1. The molecule has 1 saturated heterocycles. The van der Waals surface area contributed by atoms with E-state index in [1.54, 1.807) is 0 Å². The molecular weight excluding hydrogens is 495 g/mol. The first-order valence-electron chi connectivity index (χ1n) is 12.2. The smallest absolute Gasteiger partial charge is 0.276 e. The molecule has 2 fully saturated rings. The van der Waals surface area contributed by atoms with Crippen molar-refractivity contribution in [1.29, 1.82) is 0 Å². The minimum absolute atomic E-state index is 0.0629. The van der Waals surface area contributed by atoms with Crippen LogP contribution in [0.1, 0.15) is 34.8 Å². The number of halogens is 1. The first-order valence-corrected chi connectivity index (χ1v) is 12.2. The van der Waals surface area contributed by atoms with Crippen LogP contribution < -0.4 is 20.5 Å². The number of nitro groups is 1. The van der Waals surface area contributed by atoms with Gasteiger partial charge >= 0.3 is 0 Å². The molecule has 0 bridgehead atoms. The van der Waals surface area contributed by atoms with Crippen LogP contribution in [0.2, 0.25) is 0 Å². The molecule has 1 N–H and O–H groups in total. The third-order valence-corrected chi connectivity index (χ3v) is 6.89. The molecule has 1 saturated carbocycles. The number of hydrogen-bond donors (Lipinski definition) is 1. The average Bonchev–Trinajstić information content (AvgIpc) is 3.75. The summed E-state index contributed by atoms with van der Waals surface area (Å²) >= 11 is 0. The molecule has 1 amide bonds. The van der Waals surface area contributed by atoms with Crippen molar-refractivity contribution in [3.05, 3.63) is 73.8 Å². The lowest BCUT2D eigenvalue weighted by atomic mass is 10.1. The number of pyridine rings is 1. The lowest BCUT2D eigenvalue weighted by molar-refractivity contribution is -0.384. The molecule has 12 heteroatoms. The molecule has 5 rings (SSSR count). The zero-order valence-electron chi connectivity index (χ0n) is 21.0. The van der Waals surface area contributed by atoms with Gasteiger partial charge in [-0.1, -0.05) is 0 Å². The van der Waals surface area contributed by atoms with Gasteiger partial charge in [-0.3, -0.25) is 19.7 Å². The largest absolute Gasteiger partial charge is 0.492 e. The number of nitro benzene ring substituents is 1. The number of benzene rings is 2. The summed E-state index contributed by atoms with van der Waals surface area (Å²) < 4.78 is 23.1. The van der Waals surface area contributed by atoms with Crippen LogP contribution in [-0.2, 0) is 0 Å². The summed E-state index contributed by atoms with van der Waals surface area (Å²) in [6, 6.07) is 6.86. The molecular formula is C26H27FN6O5. The molecule has 1 aliphatic heterocycles. The fourth-order valence-corrected chi connectivity index (χ4v) is 4.67. The SMILES string of the molecule is COc1c(N2CCN(C)CC2)c(F)cc2c(=O)c(C(=O)N/N=C\c3ccc([N+](=O)[O-])cc3)cn(C3CC3)c12. The Morgan fingerprint density at radius 2 is 1.89 bits per heavy atom. The molecule has 0 unspecified atom stereocenters. The van der Waals surface area contributed by atoms with E-state index in [-0.39, 0.29) is 28.4 Å². The average molecular weight is 523 g/mol. The normalized spacial score (nSPS) is 16.2. The second kappa shape index (κ2) is 10.2. The standard InChI is InChI=1S/C26H27FN6O5/c1-30-9-11-31(12-10-30)23-21(27)13-19-22(25(23)38-2)32(17-7-8-17)15-20(24(19)34)26(35)29-28-14-16-3-5-18(6-4-16)33(36)37/h3-6,13-15,17H,7-12H2,1-2H3,(H,29,35)/b28-14-. The van der Waals surface area contributed by atoms with E-state index in [4.69, 9.17) is 4.74 Å². The Morgan fingerprint density at radius 1 is 1.21 bits per heavy atom. The number of methoxy groups -OCH3 is 1. The predicted molar refractivity (Wildman–Crippen MR) is 141 cm³/mol. The Kier molecular flexibility index (Phi) is 6.81. The van der Waals surface area contributed by atoms with Gasteiger partial charge < -0.3 is 19.1 Å². The number of carbonyl (C=O) groups is 1. The van der Waals surface area contributed by atoms with E-state index >= 15 is 4.39 Å². The van der Waals surface area contributed by atoms with Gasteiger partial charge in [-0.15, -0.1) is 0 Å². The van der Waals surface area contributed by atoms with Gasteiger partial charge in [0, 0.05) is 50.6 Å². The quantitative estimate of drug-likeness (QED) is 0.288. The van der Waals surface area contributed by atoms with Gasteiger partial charge in [0.05, 0.1) is 29.2 Å². The van der Waals surface area contributed by atoms with Gasteiger partial charge in [-0.2, -0.15) is 5.10 Å². The van der Waals surface area contributed by atoms with Crippen molar-refractivity contribution in [2.45, 2.75) is 18.9 Å². The number of piperazine rings is 1. The fraction of sp³-hybridized carbons (Fsp3) is 0.346. The van der Waals surface area contributed by atoms with Crippen LogP contribution in [0, 0.1) is 15.9 Å². The number of anilines is 1. The Hall–Kier alpha value is -4.32. The number of rotatable bonds is 7. The van der Waals surface area contributed by atoms with Gasteiger partial charge in [0.25, 0.3) is 11.6 Å². The molecule has 1 aromatic heterocycles. The molecule has 0 atom stereocenters. The highest BCUT2D eigenvalue weighted by Crippen LogP contribution is 2.43. The summed E-state index contributed by atoms with van der Waals surface area (Å²) in [5.74, 6) is -1.03. The van der Waals surface area contributed by atoms with E-state index in [9.17, 15) is 19.7 Å². The predicted octanol–water partition coefficient (Wildman–Crippen LogP) is 2.91. The lowest BCUT2D eigenvalue weighted by Gasteiger charge is -2.35. The number of fused-ring (bicyclic) bond motifs is 1. The van der Waals surface area contributed by atoms with E-state index in [0.717, 1.165) is 25.9 Å². The number of ether oxygens (including phenoxy) is 1. The summed E-state index contributed by atoms with van der Waals surface area (Å²) in [7, 11) is 3.47. The fourth-order valence-electron chi connectivity index (χ4n) is 4.67. The van der Waals surface area contributed by atoms with Crippen molar-refractivity contribution in [2.24, 2.45) is 5.10 Å². The molecule has 2 aliphatic rings. The minimum Gasteiger partial charge on any atom is -0.492 e. The number of non-ortho nitro benzene ring substituents is 1. The van der Waals surface area contributed by atoms with Crippen LogP contribution in [0.5, 0.6) is 5.75 Å². The van der Waals surface area contributed by atoms with Crippen LogP contribution in [-0.4, -0.2) is 66.8 Å². The maximum Gasteiger partial charge on any atom is 0.276 e. The van der Waals surface area contributed by atoms with Gasteiger partial charge in [0.15, 0.2) is 11.6 Å². The van der Waals surface area contributed by atoms with E-state index in [1.165, 1.54) is 49.9 Å². The topological polar surface area (TPSA) is 122 Å². The van der Waals surface area contributed by atoms with Gasteiger partial charge in [0.1, 0.15) is 11.3 Å². The van der Waals surface area contributed by atoms with Crippen LogP contribution >= 0.6 is 0 Å². The van der Waals surface area contributed by atoms with Crippen molar-refractivity contribution < 1.29 is 18.8 Å². The first kappa shape index (κ1) is 25.3. The van der Waals surface area contributed by atoms with E-state index in [1.807, 2.05) is 16.5 Å². The zero-order valence-corrected chi connectivity index (χ0v) is 21.0. The van der Waals surface area contributed by atoms with Crippen molar-refractivity contribution in [3.8, 4) is 5.75 Å². The number of hydrazone groups is 1. The maximum atomic E-state index is 15.5. The molecule has 0 spiro atoms. The summed E-state index contributed by atoms with van der Waals surface area (Å²) in [6.45, 7) is 2.79. The van der Waals surface area contributed by atoms with Crippen molar-refractivity contribution in [1.82, 2.24) is 14.9 Å². The summed E-state index contributed by atoms with van der Waals surface area (Å²) in [5.41, 5.74) is 2.79. The van der Waals surface area contributed by atoms with E-state index < -0.39 is 22.1 Å². The molecule has 0 radical (unpaired) electrons. The Bertz CT molecular complexity index is 1490. The highest BCUT2D eigenvalue weighted by Gasteiger charge is 2.31. The Balaban J connectivity index is 1.51. The van der Waals surface area contributed by atoms with Gasteiger partial charge in [0.2, 0.25) is 5.43 Å². The molecule has 3 aromatic rings. The third-order valence-electron chi connectivity index (χ3n) is 6.89. The molecule has 1 aliphatic carbocycles. The molecule has 38 heavy (non-hydrogen) atoms. The number of nitrogens with one attached hydrogen (secondary N) is 1. The highest BCUT2D eigenvalue weighted by molar-refractivity contribution is 6.00.